The van der Waals surface area contributed by atoms with Crippen LogP contribution in [0.1, 0.15) is 22.8 Å². The monoisotopic (exact) mass is 351 g/mol. The van der Waals surface area contributed by atoms with Gasteiger partial charge < -0.3 is 15.2 Å². The third kappa shape index (κ3) is 4.69. The molecule has 4 nitrogen and oxygen atoms in total. The van der Waals surface area contributed by atoms with Gasteiger partial charge in [0.1, 0.15) is 11.6 Å². The number of carbonyl (C=O) groups is 1. The maximum absolute atomic E-state index is 13.7. The minimum absolute atomic E-state index is 0.0299. The number of halogens is 2. The fourth-order valence-corrected chi connectivity index (χ4v) is 2.57. The first-order chi connectivity index (χ1) is 11.3. The van der Waals surface area contributed by atoms with Crippen molar-refractivity contribution in [2.24, 2.45) is 0 Å². The number of carbonyl (C=O) groups excluding carboxylic acids is 1. The fourth-order valence-electron chi connectivity index (χ4n) is 2.32. The van der Waals surface area contributed by atoms with E-state index >= 15 is 0 Å². The van der Waals surface area contributed by atoms with Crippen LogP contribution in [0.2, 0.25) is 5.02 Å². The van der Waals surface area contributed by atoms with Gasteiger partial charge in [0, 0.05) is 13.0 Å². The maximum atomic E-state index is 13.7. The van der Waals surface area contributed by atoms with Crippen molar-refractivity contribution < 1.29 is 19.0 Å². The summed E-state index contributed by atoms with van der Waals surface area (Å²) in [4.78, 5) is 12.1. The van der Waals surface area contributed by atoms with Crippen LogP contribution >= 0.6 is 11.6 Å². The molecule has 2 N–H and O–H groups in total. The van der Waals surface area contributed by atoms with Crippen LogP contribution in [0.3, 0.4) is 0 Å². The molecule has 0 spiro atoms. The van der Waals surface area contributed by atoms with E-state index < -0.39 is 17.3 Å². The normalized spacial score (nSPS) is 13.2. The molecule has 1 atom stereocenters. The van der Waals surface area contributed by atoms with E-state index in [9.17, 15) is 14.3 Å². The molecule has 0 aliphatic carbocycles. The van der Waals surface area contributed by atoms with Crippen molar-refractivity contribution in [3.63, 3.8) is 0 Å². The summed E-state index contributed by atoms with van der Waals surface area (Å²) in [5.74, 6) is -0.635. The van der Waals surface area contributed by atoms with E-state index in [-0.39, 0.29) is 17.1 Å². The molecule has 0 bridgehead atoms. The van der Waals surface area contributed by atoms with Gasteiger partial charge in [-0.2, -0.15) is 0 Å². The van der Waals surface area contributed by atoms with Crippen molar-refractivity contribution in [2.45, 2.75) is 18.9 Å². The molecule has 2 aromatic carbocycles. The number of aliphatic hydroxyl groups is 1. The SMILES string of the molecule is COc1ccc(CC(C)(O)CNC(=O)c2c(F)cccc2Cl)cc1. The highest BCUT2D eigenvalue weighted by atomic mass is 35.5. The molecule has 0 saturated heterocycles. The highest BCUT2D eigenvalue weighted by molar-refractivity contribution is 6.33. The molecule has 0 fully saturated rings. The molecular formula is C18H19ClFNO3. The lowest BCUT2D eigenvalue weighted by Gasteiger charge is -2.24. The third-order valence-corrected chi connectivity index (χ3v) is 3.88. The van der Waals surface area contributed by atoms with Gasteiger partial charge in [0.25, 0.3) is 5.91 Å². The lowest BCUT2D eigenvalue weighted by atomic mass is 9.96. The van der Waals surface area contributed by atoms with Gasteiger partial charge in [0.15, 0.2) is 0 Å². The van der Waals surface area contributed by atoms with Gasteiger partial charge in [-0.3, -0.25) is 4.79 Å². The first-order valence-corrected chi connectivity index (χ1v) is 7.78. The van der Waals surface area contributed by atoms with Crippen molar-refractivity contribution in [3.8, 4) is 5.75 Å². The zero-order chi connectivity index (χ0) is 17.7. The van der Waals surface area contributed by atoms with Gasteiger partial charge in [0.2, 0.25) is 0 Å². The second-order valence-electron chi connectivity index (χ2n) is 5.80. The van der Waals surface area contributed by atoms with Crippen molar-refractivity contribution in [1.82, 2.24) is 5.32 Å². The number of benzene rings is 2. The Kier molecular flexibility index (Phi) is 5.80. The summed E-state index contributed by atoms with van der Waals surface area (Å²) in [5, 5.41) is 13.0. The Morgan fingerprint density at radius 1 is 1.29 bits per heavy atom. The van der Waals surface area contributed by atoms with Crippen molar-refractivity contribution in [3.05, 3.63) is 64.4 Å². The summed E-state index contributed by atoms with van der Waals surface area (Å²) in [6, 6.07) is 11.3. The Hall–Kier alpha value is -2.11. The summed E-state index contributed by atoms with van der Waals surface area (Å²) in [6.45, 7) is 1.56. The van der Waals surface area contributed by atoms with E-state index in [1.165, 1.54) is 12.1 Å². The van der Waals surface area contributed by atoms with Gasteiger partial charge in [-0.1, -0.05) is 29.8 Å². The van der Waals surface area contributed by atoms with Crippen molar-refractivity contribution in [1.29, 1.82) is 0 Å². The van der Waals surface area contributed by atoms with E-state index in [0.717, 1.165) is 17.4 Å². The van der Waals surface area contributed by atoms with Crippen LogP contribution in [0.15, 0.2) is 42.5 Å². The summed E-state index contributed by atoms with van der Waals surface area (Å²) in [6.07, 6.45) is 0.322. The van der Waals surface area contributed by atoms with Gasteiger partial charge in [0.05, 0.1) is 23.3 Å². The fraction of sp³-hybridized carbons (Fsp3) is 0.278. The lowest BCUT2D eigenvalue weighted by molar-refractivity contribution is 0.0551. The zero-order valence-electron chi connectivity index (χ0n) is 13.5. The first-order valence-electron chi connectivity index (χ1n) is 7.40. The number of methoxy groups -OCH3 is 1. The molecule has 0 saturated carbocycles. The number of hydrogen-bond donors (Lipinski definition) is 2. The van der Waals surface area contributed by atoms with Gasteiger partial charge in [-0.25, -0.2) is 4.39 Å². The molecule has 0 aromatic heterocycles. The molecule has 6 heteroatoms. The van der Waals surface area contributed by atoms with E-state index in [0.29, 0.717) is 6.42 Å². The summed E-state index contributed by atoms with van der Waals surface area (Å²) >= 11 is 5.86. The average Bonchev–Trinajstić information content (AvgIpc) is 2.53. The standard InChI is InChI=1S/C18H19ClFNO3/c1-18(23,10-12-6-8-13(24-2)9-7-12)11-21-17(22)16-14(19)4-3-5-15(16)20/h3-9,23H,10-11H2,1-2H3,(H,21,22). The second kappa shape index (κ2) is 7.64. The highest BCUT2D eigenvalue weighted by Crippen LogP contribution is 2.20. The predicted molar refractivity (Wildman–Crippen MR) is 91.1 cm³/mol. The third-order valence-electron chi connectivity index (χ3n) is 3.56. The van der Waals surface area contributed by atoms with Crippen LogP contribution in [-0.2, 0) is 6.42 Å². The van der Waals surface area contributed by atoms with Crippen LogP contribution in [0.4, 0.5) is 4.39 Å². The molecule has 2 aromatic rings. The van der Waals surface area contributed by atoms with Crippen molar-refractivity contribution >= 4 is 17.5 Å². The molecule has 24 heavy (non-hydrogen) atoms. The lowest BCUT2D eigenvalue weighted by Crippen LogP contribution is -2.42. The van der Waals surface area contributed by atoms with Crippen LogP contribution in [0, 0.1) is 5.82 Å². The van der Waals surface area contributed by atoms with Crippen LogP contribution in [0.5, 0.6) is 5.75 Å². The van der Waals surface area contributed by atoms with Crippen molar-refractivity contribution in [2.75, 3.05) is 13.7 Å². The molecule has 128 valence electrons. The summed E-state index contributed by atoms with van der Waals surface area (Å²) < 4.78 is 18.8. The highest BCUT2D eigenvalue weighted by Gasteiger charge is 2.24. The van der Waals surface area contributed by atoms with E-state index in [4.69, 9.17) is 16.3 Å². The molecule has 0 heterocycles. The first kappa shape index (κ1) is 18.2. The van der Waals surface area contributed by atoms with E-state index in [1.807, 2.05) is 12.1 Å². The second-order valence-corrected chi connectivity index (χ2v) is 6.21. The van der Waals surface area contributed by atoms with Gasteiger partial charge in [-0.15, -0.1) is 0 Å². The number of rotatable bonds is 6. The molecule has 0 radical (unpaired) electrons. The van der Waals surface area contributed by atoms with Crippen LogP contribution in [-0.4, -0.2) is 30.3 Å². The zero-order valence-corrected chi connectivity index (χ0v) is 14.2. The predicted octanol–water partition coefficient (Wildman–Crippen LogP) is 3.21. The topological polar surface area (TPSA) is 58.6 Å². The number of nitrogens with one attached hydrogen (secondary N) is 1. The average molecular weight is 352 g/mol. The summed E-state index contributed by atoms with van der Waals surface area (Å²) in [5.41, 5.74) is -0.527. The van der Waals surface area contributed by atoms with E-state index in [1.54, 1.807) is 26.2 Å². The molecule has 0 aliphatic heterocycles. The minimum atomic E-state index is -1.19. The summed E-state index contributed by atoms with van der Waals surface area (Å²) in [7, 11) is 1.58. The van der Waals surface area contributed by atoms with Crippen LogP contribution < -0.4 is 10.1 Å². The van der Waals surface area contributed by atoms with E-state index in [2.05, 4.69) is 5.32 Å². The Morgan fingerprint density at radius 3 is 2.54 bits per heavy atom. The minimum Gasteiger partial charge on any atom is -0.497 e. The van der Waals surface area contributed by atoms with Gasteiger partial charge >= 0.3 is 0 Å². The molecule has 0 aliphatic rings. The van der Waals surface area contributed by atoms with Crippen LogP contribution in [0.25, 0.3) is 0 Å². The molecular weight excluding hydrogens is 333 g/mol. The smallest absolute Gasteiger partial charge is 0.255 e. The molecule has 1 amide bonds. The number of amides is 1. The largest absolute Gasteiger partial charge is 0.497 e. The Bertz CT molecular complexity index is 696. The molecule has 2 rings (SSSR count). The Labute approximate surface area is 145 Å². The number of ether oxygens (including phenoxy) is 1. The number of hydrogen-bond acceptors (Lipinski definition) is 3. The quantitative estimate of drug-likeness (QED) is 0.840. The maximum Gasteiger partial charge on any atom is 0.255 e. The Morgan fingerprint density at radius 2 is 1.96 bits per heavy atom. The van der Waals surface area contributed by atoms with Gasteiger partial charge in [-0.05, 0) is 36.8 Å². The Balaban J connectivity index is 1.99. The molecule has 1 unspecified atom stereocenters.